The molecule has 1 N–H and O–H groups in total. The fraction of sp³-hybridized carbons (Fsp3) is 0.400. The normalized spacial score (nSPS) is 16.4. The monoisotopic (exact) mass is 475 g/mol. The Morgan fingerprint density at radius 2 is 1.59 bits per heavy atom. The van der Waals surface area contributed by atoms with Gasteiger partial charge in [0, 0.05) is 15.6 Å². The maximum atomic E-state index is 12.9. The lowest BCUT2D eigenvalue weighted by molar-refractivity contribution is 0.220. The van der Waals surface area contributed by atoms with Gasteiger partial charge in [0.05, 0.1) is 15.5 Å². The maximum Gasteiger partial charge on any atom is 0.241 e. The molecular weight excluding hydrogens is 453 g/mol. The minimum atomic E-state index is -3.81. The van der Waals surface area contributed by atoms with E-state index in [2.05, 4.69) is 4.72 Å². The third-order valence-electron chi connectivity index (χ3n) is 5.17. The average molecular weight is 476 g/mol. The van der Waals surface area contributed by atoms with E-state index in [1.807, 2.05) is 6.07 Å². The standard InChI is InChI=1S/C20H23Cl2NO4S2/c1-2-12-28(24,25)17-6-8-18(9-7-17)29(26,27)23-20(10-3-11-20)14-15-4-5-16(21)13-19(15)22/h4-9,13,23H,2-3,10-12,14H2,1H3. The van der Waals surface area contributed by atoms with Crippen LogP contribution in [0.15, 0.2) is 52.3 Å². The number of sulfonamides is 1. The van der Waals surface area contributed by atoms with Crippen LogP contribution >= 0.6 is 23.2 Å². The van der Waals surface area contributed by atoms with Crippen LogP contribution in [0, 0.1) is 0 Å². The van der Waals surface area contributed by atoms with Gasteiger partial charge in [-0.15, -0.1) is 0 Å². The van der Waals surface area contributed by atoms with Crippen LogP contribution in [0.1, 0.15) is 38.2 Å². The summed E-state index contributed by atoms with van der Waals surface area (Å²) in [5, 5.41) is 1.04. The third-order valence-corrected chi connectivity index (χ3v) is 9.29. The summed E-state index contributed by atoms with van der Waals surface area (Å²) in [6.07, 6.45) is 3.29. The largest absolute Gasteiger partial charge is 0.241 e. The SMILES string of the molecule is CCCS(=O)(=O)c1ccc(S(=O)(=O)NC2(Cc3ccc(Cl)cc3Cl)CCC2)cc1. The van der Waals surface area contributed by atoms with Crippen molar-refractivity contribution < 1.29 is 16.8 Å². The molecule has 1 aliphatic rings. The Kier molecular flexibility index (Phi) is 6.65. The highest BCUT2D eigenvalue weighted by Gasteiger charge is 2.41. The first-order valence-electron chi connectivity index (χ1n) is 9.38. The van der Waals surface area contributed by atoms with E-state index >= 15 is 0 Å². The molecule has 29 heavy (non-hydrogen) atoms. The minimum absolute atomic E-state index is 0.0301. The van der Waals surface area contributed by atoms with Crippen LogP contribution in [-0.4, -0.2) is 28.1 Å². The van der Waals surface area contributed by atoms with Crippen molar-refractivity contribution in [2.24, 2.45) is 0 Å². The van der Waals surface area contributed by atoms with Gasteiger partial charge in [0.25, 0.3) is 0 Å². The highest BCUT2D eigenvalue weighted by atomic mass is 35.5. The summed E-state index contributed by atoms with van der Waals surface area (Å²) in [6, 6.07) is 10.6. The van der Waals surface area contributed by atoms with E-state index in [1.165, 1.54) is 24.3 Å². The van der Waals surface area contributed by atoms with Crippen molar-refractivity contribution in [2.45, 2.75) is 54.4 Å². The lowest BCUT2D eigenvalue weighted by Gasteiger charge is -2.42. The predicted octanol–water partition coefficient (Wildman–Crippen LogP) is 4.62. The number of benzene rings is 2. The smallest absolute Gasteiger partial charge is 0.224 e. The van der Waals surface area contributed by atoms with E-state index in [0.717, 1.165) is 12.0 Å². The van der Waals surface area contributed by atoms with Crippen LogP contribution in [0.3, 0.4) is 0 Å². The molecular formula is C20H23Cl2NO4S2. The van der Waals surface area contributed by atoms with Gasteiger partial charge in [-0.25, -0.2) is 21.6 Å². The Labute approximate surface area is 182 Å². The Morgan fingerprint density at radius 1 is 0.966 bits per heavy atom. The fourth-order valence-electron chi connectivity index (χ4n) is 3.50. The van der Waals surface area contributed by atoms with Gasteiger partial charge in [-0.1, -0.05) is 36.2 Å². The van der Waals surface area contributed by atoms with E-state index < -0.39 is 25.4 Å². The zero-order chi connectivity index (χ0) is 21.3. The van der Waals surface area contributed by atoms with Gasteiger partial charge < -0.3 is 0 Å². The molecule has 2 aromatic carbocycles. The molecule has 158 valence electrons. The summed E-state index contributed by atoms with van der Waals surface area (Å²) < 4.78 is 53.0. The second-order valence-corrected chi connectivity index (χ2v) is 12.1. The van der Waals surface area contributed by atoms with Crippen LogP contribution in [0.5, 0.6) is 0 Å². The molecule has 0 saturated heterocycles. The van der Waals surface area contributed by atoms with Gasteiger partial charge in [0.15, 0.2) is 9.84 Å². The molecule has 2 aromatic rings. The molecule has 1 aliphatic carbocycles. The number of hydrogen-bond acceptors (Lipinski definition) is 4. The van der Waals surface area contributed by atoms with Crippen molar-refractivity contribution in [3.05, 3.63) is 58.1 Å². The highest BCUT2D eigenvalue weighted by Crippen LogP contribution is 2.38. The van der Waals surface area contributed by atoms with Gasteiger partial charge in [0.2, 0.25) is 10.0 Å². The first-order valence-corrected chi connectivity index (χ1v) is 13.3. The summed E-state index contributed by atoms with van der Waals surface area (Å²) in [5.74, 6) is 0.0301. The lowest BCUT2D eigenvalue weighted by Crippen LogP contribution is -2.54. The van der Waals surface area contributed by atoms with Crippen LogP contribution in [0.2, 0.25) is 10.0 Å². The van der Waals surface area contributed by atoms with Crippen LogP contribution in [0.25, 0.3) is 0 Å². The second kappa shape index (κ2) is 8.55. The van der Waals surface area contributed by atoms with E-state index in [4.69, 9.17) is 23.2 Å². The third kappa shape index (κ3) is 5.14. The predicted molar refractivity (Wildman–Crippen MR) is 116 cm³/mol. The first kappa shape index (κ1) is 22.6. The fourth-order valence-corrected chi connectivity index (χ4v) is 6.76. The summed E-state index contributed by atoms with van der Waals surface area (Å²) in [5.41, 5.74) is 0.225. The van der Waals surface area contributed by atoms with Crippen molar-refractivity contribution in [3.8, 4) is 0 Å². The number of rotatable bonds is 8. The average Bonchev–Trinajstić information content (AvgIpc) is 2.62. The molecule has 5 nitrogen and oxygen atoms in total. The van der Waals surface area contributed by atoms with Crippen molar-refractivity contribution in [1.82, 2.24) is 4.72 Å². The van der Waals surface area contributed by atoms with Crippen molar-refractivity contribution in [2.75, 3.05) is 5.75 Å². The molecule has 1 fully saturated rings. The van der Waals surface area contributed by atoms with Gasteiger partial charge in [0.1, 0.15) is 0 Å². The lowest BCUT2D eigenvalue weighted by atomic mass is 9.74. The number of halogens is 2. The second-order valence-electron chi connectivity index (χ2n) is 7.44. The first-order chi connectivity index (χ1) is 13.6. The summed E-state index contributed by atoms with van der Waals surface area (Å²) in [7, 11) is -7.20. The van der Waals surface area contributed by atoms with Gasteiger partial charge >= 0.3 is 0 Å². The van der Waals surface area contributed by atoms with E-state index in [-0.39, 0.29) is 15.5 Å². The van der Waals surface area contributed by atoms with Crippen molar-refractivity contribution in [1.29, 1.82) is 0 Å². The zero-order valence-electron chi connectivity index (χ0n) is 16.0. The molecule has 0 atom stereocenters. The molecule has 0 aliphatic heterocycles. The number of nitrogens with one attached hydrogen (secondary N) is 1. The Balaban J connectivity index is 1.82. The highest BCUT2D eigenvalue weighted by molar-refractivity contribution is 7.91. The van der Waals surface area contributed by atoms with Crippen LogP contribution < -0.4 is 4.72 Å². The Morgan fingerprint density at radius 3 is 2.10 bits per heavy atom. The van der Waals surface area contributed by atoms with Crippen molar-refractivity contribution in [3.63, 3.8) is 0 Å². The van der Waals surface area contributed by atoms with E-state index in [9.17, 15) is 16.8 Å². The molecule has 9 heteroatoms. The quantitative estimate of drug-likeness (QED) is 0.603. The van der Waals surface area contributed by atoms with Crippen LogP contribution in [-0.2, 0) is 26.3 Å². The van der Waals surface area contributed by atoms with Gasteiger partial charge in [-0.05, 0) is 74.1 Å². The topological polar surface area (TPSA) is 80.3 Å². The molecule has 0 heterocycles. The molecule has 0 amide bonds. The van der Waals surface area contributed by atoms with Crippen LogP contribution in [0.4, 0.5) is 0 Å². The molecule has 0 spiro atoms. The molecule has 3 rings (SSSR count). The summed E-state index contributed by atoms with van der Waals surface area (Å²) in [6.45, 7) is 1.78. The summed E-state index contributed by atoms with van der Waals surface area (Å²) in [4.78, 5) is 0.172. The number of hydrogen-bond donors (Lipinski definition) is 1. The molecule has 0 unspecified atom stereocenters. The number of sulfone groups is 1. The Bertz CT molecular complexity index is 1090. The summed E-state index contributed by atoms with van der Waals surface area (Å²) >= 11 is 12.2. The van der Waals surface area contributed by atoms with Gasteiger partial charge in [-0.3, -0.25) is 0 Å². The van der Waals surface area contributed by atoms with Crippen molar-refractivity contribution >= 4 is 43.1 Å². The molecule has 0 bridgehead atoms. The molecule has 0 aromatic heterocycles. The molecule has 1 saturated carbocycles. The maximum absolute atomic E-state index is 12.9. The molecule has 0 radical (unpaired) electrons. The minimum Gasteiger partial charge on any atom is -0.224 e. The zero-order valence-corrected chi connectivity index (χ0v) is 19.1. The Hall–Kier alpha value is -1.12. The van der Waals surface area contributed by atoms with E-state index in [0.29, 0.717) is 35.7 Å². The van der Waals surface area contributed by atoms with Gasteiger partial charge in [-0.2, -0.15) is 0 Å². The van der Waals surface area contributed by atoms with E-state index in [1.54, 1.807) is 19.1 Å².